The van der Waals surface area contributed by atoms with Gasteiger partial charge in [0.1, 0.15) is 0 Å². The van der Waals surface area contributed by atoms with Gasteiger partial charge in [0.25, 0.3) is 0 Å². The number of aliphatic hydroxyl groups excluding tert-OH is 1. The van der Waals surface area contributed by atoms with E-state index in [2.05, 4.69) is 0 Å². The summed E-state index contributed by atoms with van der Waals surface area (Å²) in [6.45, 7) is 0. The van der Waals surface area contributed by atoms with Gasteiger partial charge in [-0.3, -0.25) is 0 Å². The summed E-state index contributed by atoms with van der Waals surface area (Å²) in [5, 5.41) is 10.6. The first-order valence-corrected chi connectivity index (χ1v) is 8.48. The first kappa shape index (κ1) is 13.9. The lowest BCUT2D eigenvalue weighted by molar-refractivity contribution is -0.0650. The molecule has 0 aromatic carbocycles. The van der Waals surface area contributed by atoms with Crippen LogP contribution in [0.5, 0.6) is 0 Å². The Morgan fingerprint density at radius 2 is 1.84 bits per heavy atom. The van der Waals surface area contributed by atoms with Gasteiger partial charge in [-0.15, -0.1) is 0 Å². The van der Waals surface area contributed by atoms with Gasteiger partial charge < -0.3 is 9.84 Å². The van der Waals surface area contributed by atoms with E-state index in [4.69, 9.17) is 4.74 Å². The SMILES string of the molecule is COC(C(O)CC1CC2CCC1C2)C1CCCCC1. The predicted molar refractivity (Wildman–Crippen MR) is 76.9 cm³/mol. The average molecular weight is 266 g/mol. The van der Waals surface area contributed by atoms with Crippen LogP contribution in [-0.4, -0.2) is 24.4 Å². The van der Waals surface area contributed by atoms with Gasteiger partial charge in [-0.2, -0.15) is 0 Å². The lowest BCUT2D eigenvalue weighted by atomic mass is 9.79. The lowest BCUT2D eigenvalue weighted by Gasteiger charge is -2.34. The summed E-state index contributed by atoms with van der Waals surface area (Å²) in [5.74, 6) is 3.30. The standard InChI is InChI=1S/C17H30O2/c1-19-17(13-5-3-2-4-6-13)16(18)11-15-10-12-7-8-14(15)9-12/h12-18H,2-11H2,1H3. The van der Waals surface area contributed by atoms with Gasteiger partial charge in [0.15, 0.2) is 0 Å². The summed E-state index contributed by atoms with van der Waals surface area (Å²) >= 11 is 0. The number of fused-ring (bicyclic) bond motifs is 2. The Hall–Kier alpha value is -0.0800. The fourth-order valence-electron chi connectivity index (χ4n) is 5.24. The van der Waals surface area contributed by atoms with E-state index in [9.17, 15) is 5.11 Å². The van der Waals surface area contributed by atoms with Crippen molar-refractivity contribution in [3.63, 3.8) is 0 Å². The summed E-state index contributed by atoms with van der Waals surface area (Å²) in [7, 11) is 1.79. The molecule has 3 rings (SSSR count). The molecule has 19 heavy (non-hydrogen) atoms. The van der Waals surface area contributed by atoms with Gasteiger partial charge in [0.2, 0.25) is 0 Å². The molecule has 0 aromatic rings. The van der Waals surface area contributed by atoms with Crippen LogP contribution in [0.15, 0.2) is 0 Å². The topological polar surface area (TPSA) is 29.5 Å². The molecule has 0 radical (unpaired) electrons. The van der Waals surface area contributed by atoms with E-state index >= 15 is 0 Å². The van der Waals surface area contributed by atoms with E-state index in [1.807, 2.05) is 0 Å². The minimum atomic E-state index is -0.225. The Balaban J connectivity index is 1.53. The normalized spacial score (nSPS) is 38.5. The van der Waals surface area contributed by atoms with Crippen molar-refractivity contribution < 1.29 is 9.84 Å². The largest absolute Gasteiger partial charge is 0.390 e. The second-order valence-corrected chi connectivity index (χ2v) is 7.34. The Morgan fingerprint density at radius 1 is 1.05 bits per heavy atom. The van der Waals surface area contributed by atoms with Gasteiger partial charge in [0.05, 0.1) is 12.2 Å². The second-order valence-electron chi connectivity index (χ2n) is 7.34. The molecule has 1 N–H and O–H groups in total. The molecule has 3 aliphatic carbocycles. The molecule has 0 aliphatic heterocycles. The van der Waals surface area contributed by atoms with Crippen LogP contribution in [0, 0.1) is 23.7 Å². The van der Waals surface area contributed by atoms with Crippen molar-refractivity contribution in [3.8, 4) is 0 Å². The molecule has 0 saturated heterocycles. The number of aliphatic hydroxyl groups is 1. The van der Waals surface area contributed by atoms with Crippen LogP contribution in [0.3, 0.4) is 0 Å². The molecule has 5 atom stereocenters. The Labute approximate surface area is 117 Å². The summed E-state index contributed by atoms with van der Waals surface area (Å²) in [6, 6.07) is 0. The zero-order chi connectivity index (χ0) is 13.2. The molecule has 110 valence electrons. The van der Waals surface area contributed by atoms with E-state index in [1.54, 1.807) is 7.11 Å². The molecule has 2 bridgehead atoms. The number of rotatable bonds is 5. The van der Waals surface area contributed by atoms with Crippen LogP contribution >= 0.6 is 0 Å². The number of methoxy groups -OCH3 is 1. The average Bonchev–Trinajstić information content (AvgIpc) is 3.03. The highest BCUT2D eigenvalue weighted by Gasteiger charge is 2.41. The Bertz CT molecular complexity index is 285. The minimum Gasteiger partial charge on any atom is -0.390 e. The van der Waals surface area contributed by atoms with Crippen molar-refractivity contribution in [1.29, 1.82) is 0 Å². The van der Waals surface area contributed by atoms with Crippen molar-refractivity contribution in [1.82, 2.24) is 0 Å². The number of hydrogen-bond acceptors (Lipinski definition) is 2. The molecular weight excluding hydrogens is 236 g/mol. The molecule has 0 aromatic heterocycles. The smallest absolute Gasteiger partial charge is 0.0858 e. The summed E-state index contributed by atoms with van der Waals surface area (Å²) in [6.07, 6.45) is 13.1. The molecule has 2 nitrogen and oxygen atoms in total. The van der Waals surface area contributed by atoms with Gasteiger partial charge >= 0.3 is 0 Å². The van der Waals surface area contributed by atoms with Gasteiger partial charge in [-0.1, -0.05) is 25.7 Å². The summed E-state index contributed by atoms with van der Waals surface area (Å²) in [5.41, 5.74) is 0. The lowest BCUT2D eigenvalue weighted by Crippen LogP contribution is -2.38. The van der Waals surface area contributed by atoms with Crippen LogP contribution in [0.1, 0.15) is 64.2 Å². The molecular formula is C17H30O2. The van der Waals surface area contributed by atoms with Gasteiger partial charge in [-0.25, -0.2) is 0 Å². The number of hydrogen-bond donors (Lipinski definition) is 1. The highest BCUT2D eigenvalue weighted by molar-refractivity contribution is 4.92. The second kappa shape index (κ2) is 6.13. The molecule has 3 fully saturated rings. The fraction of sp³-hybridized carbons (Fsp3) is 1.00. The first-order valence-electron chi connectivity index (χ1n) is 8.48. The molecule has 3 aliphatic rings. The Morgan fingerprint density at radius 3 is 2.42 bits per heavy atom. The summed E-state index contributed by atoms with van der Waals surface area (Å²) in [4.78, 5) is 0. The van der Waals surface area contributed by atoms with Crippen LogP contribution in [-0.2, 0) is 4.74 Å². The highest BCUT2D eigenvalue weighted by atomic mass is 16.5. The van der Waals surface area contributed by atoms with Gasteiger partial charge in [0, 0.05) is 7.11 Å². The van der Waals surface area contributed by atoms with E-state index < -0.39 is 0 Å². The quantitative estimate of drug-likeness (QED) is 0.821. The van der Waals surface area contributed by atoms with Crippen LogP contribution in [0.4, 0.5) is 0 Å². The third-order valence-corrected chi connectivity index (χ3v) is 6.19. The van der Waals surface area contributed by atoms with E-state index in [1.165, 1.54) is 57.8 Å². The van der Waals surface area contributed by atoms with Crippen molar-refractivity contribution in [2.75, 3.05) is 7.11 Å². The third-order valence-electron chi connectivity index (χ3n) is 6.19. The zero-order valence-electron chi connectivity index (χ0n) is 12.4. The van der Waals surface area contributed by atoms with Gasteiger partial charge in [-0.05, 0) is 62.2 Å². The molecule has 5 unspecified atom stereocenters. The minimum absolute atomic E-state index is 0.0967. The monoisotopic (exact) mass is 266 g/mol. The van der Waals surface area contributed by atoms with Crippen molar-refractivity contribution in [3.05, 3.63) is 0 Å². The highest BCUT2D eigenvalue weighted by Crippen LogP contribution is 2.50. The molecule has 0 spiro atoms. The first-order chi connectivity index (χ1) is 9.28. The molecule has 3 saturated carbocycles. The Kier molecular flexibility index (Phi) is 4.48. The van der Waals surface area contributed by atoms with E-state index in [-0.39, 0.29) is 12.2 Å². The zero-order valence-corrected chi connectivity index (χ0v) is 12.4. The van der Waals surface area contributed by atoms with Crippen molar-refractivity contribution >= 4 is 0 Å². The van der Waals surface area contributed by atoms with E-state index in [0.717, 1.165) is 24.2 Å². The third kappa shape index (κ3) is 3.00. The summed E-state index contributed by atoms with van der Waals surface area (Å²) < 4.78 is 5.69. The van der Waals surface area contributed by atoms with E-state index in [0.29, 0.717) is 5.92 Å². The van der Waals surface area contributed by atoms with Crippen molar-refractivity contribution in [2.45, 2.75) is 76.4 Å². The van der Waals surface area contributed by atoms with Crippen molar-refractivity contribution in [2.24, 2.45) is 23.7 Å². The maximum absolute atomic E-state index is 10.6. The molecule has 2 heteroatoms. The maximum Gasteiger partial charge on any atom is 0.0858 e. The van der Waals surface area contributed by atoms with Crippen LogP contribution in [0.25, 0.3) is 0 Å². The van der Waals surface area contributed by atoms with Crippen LogP contribution < -0.4 is 0 Å². The molecule has 0 heterocycles. The van der Waals surface area contributed by atoms with Crippen LogP contribution in [0.2, 0.25) is 0 Å². The molecule has 0 amide bonds. The fourth-order valence-corrected chi connectivity index (χ4v) is 5.24. The predicted octanol–water partition coefficient (Wildman–Crippen LogP) is 3.77. The maximum atomic E-state index is 10.6. The number of ether oxygens (including phenoxy) is 1.